The van der Waals surface area contributed by atoms with Crippen molar-refractivity contribution in [1.29, 1.82) is 0 Å². The Morgan fingerprint density at radius 1 is 0.903 bits per heavy atom. The van der Waals surface area contributed by atoms with Crippen LogP contribution in [0.1, 0.15) is 6.92 Å². The van der Waals surface area contributed by atoms with Crippen LogP contribution in [0.5, 0.6) is 17.2 Å². The first kappa shape index (κ1) is 20.3. The van der Waals surface area contributed by atoms with Gasteiger partial charge in [0.15, 0.2) is 18.1 Å². The van der Waals surface area contributed by atoms with Crippen LogP contribution >= 0.6 is 0 Å². The summed E-state index contributed by atoms with van der Waals surface area (Å²) >= 11 is 0. The van der Waals surface area contributed by atoms with E-state index in [1.54, 1.807) is 19.2 Å². The molecule has 4 aromatic rings. The average molecular weight is 417 g/mol. The molecule has 3 aromatic carbocycles. The summed E-state index contributed by atoms with van der Waals surface area (Å²) in [6.07, 6.45) is 0. The van der Waals surface area contributed by atoms with Gasteiger partial charge in [-0.2, -0.15) is 0 Å². The summed E-state index contributed by atoms with van der Waals surface area (Å²) in [4.78, 5) is 17.2. The number of benzene rings is 3. The van der Waals surface area contributed by atoms with E-state index in [2.05, 4.69) is 10.9 Å². The number of pyridine rings is 1. The Kier molecular flexibility index (Phi) is 6.03. The summed E-state index contributed by atoms with van der Waals surface area (Å²) < 4.78 is 16.4. The molecule has 0 saturated carbocycles. The molecule has 0 aliphatic carbocycles. The highest BCUT2D eigenvalue weighted by Crippen LogP contribution is 2.32. The maximum Gasteiger partial charge on any atom is 0.276 e. The van der Waals surface area contributed by atoms with Gasteiger partial charge in [0.05, 0.1) is 30.4 Å². The first-order chi connectivity index (χ1) is 15.2. The third-order valence-corrected chi connectivity index (χ3v) is 4.72. The molecule has 31 heavy (non-hydrogen) atoms. The van der Waals surface area contributed by atoms with Crippen LogP contribution in [0.3, 0.4) is 0 Å². The average Bonchev–Trinajstić information content (AvgIpc) is 2.80. The minimum Gasteiger partial charge on any atom is -0.494 e. The first-order valence-electron chi connectivity index (χ1n) is 9.95. The van der Waals surface area contributed by atoms with Crippen molar-refractivity contribution in [1.82, 2.24) is 10.4 Å². The van der Waals surface area contributed by atoms with Crippen molar-refractivity contribution in [3.63, 3.8) is 0 Å². The lowest BCUT2D eigenvalue weighted by molar-refractivity contribution is -0.122. The van der Waals surface area contributed by atoms with Crippen LogP contribution in [0.2, 0.25) is 0 Å². The van der Waals surface area contributed by atoms with Crippen molar-refractivity contribution in [2.75, 3.05) is 25.7 Å². The van der Waals surface area contributed by atoms with Gasteiger partial charge in [0.2, 0.25) is 0 Å². The number of nitrogens with one attached hydrogen (secondary N) is 2. The van der Waals surface area contributed by atoms with E-state index < -0.39 is 0 Å². The quantitative estimate of drug-likeness (QED) is 0.328. The monoisotopic (exact) mass is 417 g/mol. The highest BCUT2D eigenvalue weighted by atomic mass is 16.5. The number of rotatable bonds is 8. The van der Waals surface area contributed by atoms with E-state index >= 15 is 0 Å². The molecule has 0 bridgehead atoms. The zero-order chi connectivity index (χ0) is 21.6. The third kappa shape index (κ3) is 4.45. The van der Waals surface area contributed by atoms with Gasteiger partial charge < -0.3 is 14.2 Å². The number of anilines is 1. The highest BCUT2D eigenvalue weighted by Gasteiger charge is 2.12. The molecule has 1 aromatic heterocycles. The van der Waals surface area contributed by atoms with Crippen molar-refractivity contribution in [3.05, 3.63) is 66.7 Å². The molecule has 0 fully saturated rings. The van der Waals surface area contributed by atoms with Crippen LogP contribution in [0, 0.1) is 0 Å². The molecule has 0 aliphatic rings. The Labute approximate surface area is 179 Å². The van der Waals surface area contributed by atoms with Crippen molar-refractivity contribution in [3.8, 4) is 17.2 Å². The van der Waals surface area contributed by atoms with Crippen molar-refractivity contribution >= 4 is 33.4 Å². The minimum atomic E-state index is -0.328. The minimum absolute atomic E-state index is 0.164. The Morgan fingerprint density at radius 3 is 2.45 bits per heavy atom. The van der Waals surface area contributed by atoms with Gasteiger partial charge in [0, 0.05) is 16.8 Å². The Hall–Kier alpha value is -4.00. The molecule has 1 amide bonds. The van der Waals surface area contributed by atoms with Crippen molar-refractivity contribution in [2.45, 2.75) is 6.92 Å². The molecule has 0 saturated heterocycles. The predicted octanol–water partition coefficient (Wildman–Crippen LogP) is 4.32. The van der Waals surface area contributed by atoms with Gasteiger partial charge in [-0.05, 0) is 37.3 Å². The molecule has 0 spiro atoms. The lowest BCUT2D eigenvalue weighted by Gasteiger charge is -2.15. The SMILES string of the molecule is CCOc1ccc2c(NNC(=O)COc3ccccc3OC)c3ccccc3nc2c1. The summed E-state index contributed by atoms with van der Waals surface area (Å²) in [5.74, 6) is 1.49. The summed E-state index contributed by atoms with van der Waals surface area (Å²) in [5, 5.41) is 1.76. The number of methoxy groups -OCH3 is 1. The number of hydrogen-bond donors (Lipinski definition) is 2. The van der Waals surface area contributed by atoms with Gasteiger partial charge >= 0.3 is 0 Å². The van der Waals surface area contributed by atoms with E-state index in [-0.39, 0.29) is 12.5 Å². The fourth-order valence-electron chi connectivity index (χ4n) is 3.31. The van der Waals surface area contributed by atoms with E-state index in [4.69, 9.17) is 19.2 Å². The van der Waals surface area contributed by atoms with Crippen LogP contribution in [0.15, 0.2) is 66.7 Å². The predicted molar refractivity (Wildman–Crippen MR) is 121 cm³/mol. The maximum atomic E-state index is 12.4. The largest absolute Gasteiger partial charge is 0.494 e. The normalized spacial score (nSPS) is 10.6. The number of fused-ring (bicyclic) bond motifs is 2. The molecule has 0 radical (unpaired) electrons. The van der Waals surface area contributed by atoms with E-state index in [9.17, 15) is 4.79 Å². The zero-order valence-corrected chi connectivity index (χ0v) is 17.3. The molecule has 2 N–H and O–H groups in total. The molecular weight excluding hydrogens is 394 g/mol. The van der Waals surface area contributed by atoms with Gasteiger partial charge in [-0.25, -0.2) is 4.98 Å². The van der Waals surface area contributed by atoms with Crippen molar-refractivity contribution in [2.24, 2.45) is 0 Å². The number of amides is 1. The number of nitrogens with zero attached hydrogens (tertiary/aromatic N) is 1. The molecule has 0 unspecified atom stereocenters. The standard InChI is InChI=1S/C24H23N3O4/c1-3-30-16-12-13-18-20(14-16)25-19-9-5-4-8-17(19)24(18)27-26-23(28)15-31-22-11-7-6-10-21(22)29-2/h4-14H,3,15H2,1-2H3,(H,25,27)(H,26,28). The Bertz CT molecular complexity index is 1230. The lowest BCUT2D eigenvalue weighted by atomic mass is 10.1. The van der Waals surface area contributed by atoms with Crippen molar-refractivity contribution < 1.29 is 19.0 Å². The number of para-hydroxylation sites is 3. The number of hydrogen-bond acceptors (Lipinski definition) is 6. The second-order valence-corrected chi connectivity index (χ2v) is 6.73. The van der Waals surface area contributed by atoms with Crippen LogP contribution in [-0.2, 0) is 4.79 Å². The number of hydrazine groups is 1. The van der Waals surface area contributed by atoms with Crippen LogP contribution < -0.4 is 25.1 Å². The highest BCUT2D eigenvalue weighted by molar-refractivity contribution is 6.08. The molecule has 158 valence electrons. The molecule has 1 heterocycles. The maximum absolute atomic E-state index is 12.4. The molecule has 7 heteroatoms. The van der Waals surface area contributed by atoms with Crippen LogP contribution in [0.25, 0.3) is 21.8 Å². The number of aromatic nitrogens is 1. The second kappa shape index (κ2) is 9.21. The molecule has 0 aliphatic heterocycles. The van der Waals surface area contributed by atoms with Crippen LogP contribution in [-0.4, -0.2) is 31.2 Å². The Balaban J connectivity index is 1.55. The van der Waals surface area contributed by atoms with Gasteiger partial charge in [-0.1, -0.05) is 30.3 Å². The lowest BCUT2D eigenvalue weighted by Crippen LogP contribution is -2.33. The first-order valence-corrected chi connectivity index (χ1v) is 9.95. The van der Waals surface area contributed by atoms with E-state index in [0.717, 1.165) is 33.2 Å². The van der Waals surface area contributed by atoms with E-state index in [0.29, 0.717) is 18.1 Å². The summed E-state index contributed by atoms with van der Waals surface area (Å²) in [6.45, 7) is 2.35. The van der Waals surface area contributed by atoms with Gasteiger partial charge in [-0.3, -0.25) is 15.6 Å². The number of ether oxygens (including phenoxy) is 3. The second-order valence-electron chi connectivity index (χ2n) is 6.73. The molecule has 7 nitrogen and oxygen atoms in total. The Morgan fingerprint density at radius 2 is 1.65 bits per heavy atom. The fourth-order valence-corrected chi connectivity index (χ4v) is 3.31. The molecule has 0 atom stereocenters. The topological polar surface area (TPSA) is 81.7 Å². The van der Waals surface area contributed by atoms with E-state index in [1.165, 1.54) is 0 Å². The fraction of sp³-hybridized carbons (Fsp3) is 0.167. The summed E-state index contributed by atoms with van der Waals surface area (Å²) in [6, 6.07) is 20.6. The smallest absolute Gasteiger partial charge is 0.276 e. The molecule has 4 rings (SSSR count). The van der Waals surface area contributed by atoms with Crippen LogP contribution in [0.4, 0.5) is 5.69 Å². The summed E-state index contributed by atoms with van der Waals surface area (Å²) in [7, 11) is 1.56. The number of carbonyl (C=O) groups is 1. The van der Waals surface area contributed by atoms with Gasteiger partial charge in [0.25, 0.3) is 5.91 Å². The van der Waals surface area contributed by atoms with Gasteiger partial charge in [0.1, 0.15) is 5.75 Å². The van der Waals surface area contributed by atoms with Gasteiger partial charge in [-0.15, -0.1) is 0 Å². The number of carbonyl (C=O) groups excluding carboxylic acids is 1. The van der Waals surface area contributed by atoms with E-state index in [1.807, 2.05) is 61.5 Å². The third-order valence-electron chi connectivity index (χ3n) is 4.72. The summed E-state index contributed by atoms with van der Waals surface area (Å²) in [5.41, 5.74) is 8.11. The molecular formula is C24H23N3O4. The zero-order valence-electron chi connectivity index (χ0n) is 17.3.